The molecule has 5 nitrogen and oxygen atoms in total. The third-order valence-electron chi connectivity index (χ3n) is 3.93. The molecule has 0 radical (unpaired) electrons. The molecule has 0 unspecified atom stereocenters. The van der Waals surface area contributed by atoms with E-state index in [1.54, 1.807) is 6.92 Å². The highest BCUT2D eigenvalue weighted by atomic mass is 16.2. The summed E-state index contributed by atoms with van der Waals surface area (Å²) in [5.74, 6) is 0.110. The first-order valence-electron chi connectivity index (χ1n) is 7.31. The van der Waals surface area contributed by atoms with Gasteiger partial charge in [-0.2, -0.15) is 0 Å². The molecule has 0 bridgehead atoms. The number of anilines is 1. The molecule has 0 atom stereocenters. The Kier molecular flexibility index (Phi) is 4.96. The smallest absolute Gasteiger partial charge is 0.238 e. The first-order valence-corrected chi connectivity index (χ1v) is 7.31. The summed E-state index contributed by atoms with van der Waals surface area (Å²) in [6, 6.07) is 5.98. The minimum Gasteiger partial charge on any atom is -0.340 e. The number of piperazine rings is 1. The van der Waals surface area contributed by atoms with Crippen LogP contribution in [0.25, 0.3) is 0 Å². The molecule has 5 heteroatoms. The maximum Gasteiger partial charge on any atom is 0.238 e. The van der Waals surface area contributed by atoms with Crippen molar-refractivity contribution in [3.05, 3.63) is 29.3 Å². The number of para-hydroxylation sites is 1. The third kappa shape index (κ3) is 4.04. The molecule has 21 heavy (non-hydrogen) atoms. The van der Waals surface area contributed by atoms with Gasteiger partial charge in [-0.3, -0.25) is 14.5 Å². The molecule has 0 aromatic heterocycles. The summed E-state index contributed by atoms with van der Waals surface area (Å²) in [7, 11) is 0. The monoisotopic (exact) mass is 289 g/mol. The van der Waals surface area contributed by atoms with E-state index in [0.717, 1.165) is 29.9 Å². The van der Waals surface area contributed by atoms with Crippen molar-refractivity contribution in [2.45, 2.75) is 20.8 Å². The van der Waals surface area contributed by atoms with Crippen molar-refractivity contribution in [3.8, 4) is 0 Å². The molecule has 2 amide bonds. The lowest BCUT2D eigenvalue weighted by Crippen LogP contribution is -2.49. The van der Waals surface area contributed by atoms with Crippen molar-refractivity contribution in [1.82, 2.24) is 9.80 Å². The SMILES string of the molecule is CC(=O)N1CCN(CC(=O)Nc2c(C)cccc2C)CC1. The first kappa shape index (κ1) is 15.5. The second-order valence-corrected chi connectivity index (χ2v) is 5.60. The van der Waals surface area contributed by atoms with Gasteiger partial charge in [0.1, 0.15) is 0 Å². The van der Waals surface area contributed by atoms with E-state index in [2.05, 4.69) is 10.2 Å². The van der Waals surface area contributed by atoms with Gasteiger partial charge in [0.25, 0.3) is 0 Å². The predicted molar refractivity (Wildman–Crippen MR) is 83.2 cm³/mol. The van der Waals surface area contributed by atoms with Crippen molar-refractivity contribution < 1.29 is 9.59 Å². The molecular weight excluding hydrogens is 266 g/mol. The van der Waals surface area contributed by atoms with Gasteiger partial charge in [-0.15, -0.1) is 0 Å². The zero-order chi connectivity index (χ0) is 15.4. The molecule has 1 fully saturated rings. The molecule has 1 aliphatic heterocycles. The molecule has 2 rings (SSSR count). The number of carbonyl (C=O) groups is 2. The van der Waals surface area contributed by atoms with Crippen LogP contribution < -0.4 is 5.32 Å². The topological polar surface area (TPSA) is 52.7 Å². The Labute approximate surface area is 125 Å². The zero-order valence-corrected chi connectivity index (χ0v) is 13.0. The Morgan fingerprint density at radius 1 is 1.10 bits per heavy atom. The van der Waals surface area contributed by atoms with E-state index in [1.165, 1.54) is 0 Å². The van der Waals surface area contributed by atoms with Crippen molar-refractivity contribution >= 4 is 17.5 Å². The molecular formula is C16H23N3O2. The molecule has 1 saturated heterocycles. The summed E-state index contributed by atoms with van der Waals surface area (Å²) in [6.07, 6.45) is 0. The van der Waals surface area contributed by atoms with E-state index in [-0.39, 0.29) is 11.8 Å². The van der Waals surface area contributed by atoms with Gasteiger partial charge in [0.15, 0.2) is 0 Å². The standard InChI is InChI=1S/C16H23N3O2/c1-12-5-4-6-13(2)16(12)17-15(21)11-18-7-9-19(10-8-18)14(3)20/h4-6H,7-11H2,1-3H3,(H,17,21). The molecule has 1 aromatic carbocycles. The van der Waals surface area contributed by atoms with E-state index in [0.29, 0.717) is 19.6 Å². The highest BCUT2D eigenvalue weighted by Crippen LogP contribution is 2.19. The number of carbonyl (C=O) groups excluding carboxylic acids is 2. The van der Waals surface area contributed by atoms with Crippen LogP contribution in [-0.4, -0.2) is 54.3 Å². The first-order chi connectivity index (χ1) is 9.97. The van der Waals surface area contributed by atoms with Crippen LogP contribution in [0.2, 0.25) is 0 Å². The van der Waals surface area contributed by atoms with Crippen LogP contribution in [0.1, 0.15) is 18.1 Å². The summed E-state index contributed by atoms with van der Waals surface area (Å²) < 4.78 is 0. The van der Waals surface area contributed by atoms with Gasteiger partial charge < -0.3 is 10.2 Å². The average molecular weight is 289 g/mol. The summed E-state index contributed by atoms with van der Waals surface area (Å²) in [5, 5.41) is 3.00. The van der Waals surface area contributed by atoms with Crippen LogP contribution in [-0.2, 0) is 9.59 Å². The Morgan fingerprint density at radius 3 is 2.19 bits per heavy atom. The number of rotatable bonds is 3. The van der Waals surface area contributed by atoms with Crippen molar-refractivity contribution in [1.29, 1.82) is 0 Å². The van der Waals surface area contributed by atoms with Crippen molar-refractivity contribution in [3.63, 3.8) is 0 Å². The van der Waals surface area contributed by atoms with E-state index >= 15 is 0 Å². The second-order valence-electron chi connectivity index (χ2n) is 5.60. The number of aryl methyl sites for hydroxylation is 2. The van der Waals surface area contributed by atoms with Crippen LogP contribution in [0.3, 0.4) is 0 Å². The highest BCUT2D eigenvalue weighted by Gasteiger charge is 2.20. The Bertz CT molecular complexity index is 514. The lowest BCUT2D eigenvalue weighted by Gasteiger charge is -2.33. The minimum atomic E-state index is 0.00340. The van der Waals surface area contributed by atoms with E-state index in [9.17, 15) is 9.59 Å². The number of benzene rings is 1. The fourth-order valence-electron chi connectivity index (χ4n) is 2.61. The molecule has 1 aromatic rings. The average Bonchev–Trinajstić information content (AvgIpc) is 2.43. The quantitative estimate of drug-likeness (QED) is 0.915. The molecule has 0 saturated carbocycles. The van der Waals surface area contributed by atoms with Gasteiger partial charge in [0.2, 0.25) is 11.8 Å². The summed E-state index contributed by atoms with van der Waals surface area (Å²) in [6.45, 7) is 8.85. The maximum atomic E-state index is 12.2. The van der Waals surface area contributed by atoms with E-state index < -0.39 is 0 Å². The van der Waals surface area contributed by atoms with Crippen molar-refractivity contribution in [2.24, 2.45) is 0 Å². The number of amides is 2. The largest absolute Gasteiger partial charge is 0.340 e. The minimum absolute atomic E-state index is 0.00340. The number of nitrogens with one attached hydrogen (secondary N) is 1. The third-order valence-corrected chi connectivity index (χ3v) is 3.93. The van der Waals surface area contributed by atoms with Gasteiger partial charge >= 0.3 is 0 Å². The zero-order valence-electron chi connectivity index (χ0n) is 13.0. The normalized spacial score (nSPS) is 15.9. The second kappa shape index (κ2) is 6.72. The van der Waals surface area contributed by atoms with Gasteiger partial charge in [0, 0.05) is 38.8 Å². The van der Waals surface area contributed by atoms with E-state index in [1.807, 2.05) is 36.9 Å². The number of nitrogens with zero attached hydrogens (tertiary/aromatic N) is 2. The van der Waals surface area contributed by atoms with Gasteiger partial charge in [-0.05, 0) is 25.0 Å². The lowest BCUT2D eigenvalue weighted by molar-refractivity contribution is -0.130. The maximum absolute atomic E-state index is 12.2. The van der Waals surface area contributed by atoms with Gasteiger partial charge in [-0.25, -0.2) is 0 Å². The molecule has 114 valence electrons. The Balaban J connectivity index is 1.87. The number of hydrogen-bond donors (Lipinski definition) is 1. The van der Waals surface area contributed by atoms with Crippen LogP contribution in [0.5, 0.6) is 0 Å². The van der Waals surface area contributed by atoms with Crippen LogP contribution >= 0.6 is 0 Å². The summed E-state index contributed by atoms with van der Waals surface area (Å²) >= 11 is 0. The Hall–Kier alpha value is -1.88. The Morgan fingerprint density at radius 2 is 1.67 bits per heavy atom. The lowest BCUT2D eigenvalue weighted by atomic mass is 10.1. The molecule has 1 N–H and O–H groups in total. The molecule has 1 heterocycles. The summed E-state index contributed by atoms with van der Waals surface area (Å²) in [4.78, 5) is 27.3. The van der Waals surface area contributed by atoms with Gasteiger partial charge in [-0.1, -0.05) is 18.2 Å². The van der Waals surface area contributed by atoms with Crippen LogP contribution in [0, 0.1) is 13.8 Å². The number of hydrogen-bond acceptors (Lipinski definition) is 3. The van der Waals surface area contributed by atoms with E-state index in [4.69, 9.17) is 0 Å². The fourth-order valence-corrected chi connectivity index (χ4v) is 2.61. The molecule has 0 spiro atoms. The summed E-state index contributed by atoms with van der Waals surface area (Å²) in [5.41, 5.74) is 3.05. The van der Waals surface area contributed by atoms with Crippen LogP contribution in [0.4, 0.5) is 5.69 Å². The highest BCUT2D eigenvalue weighted by molar-refractivity contribution is 5.93. The van der Waals surface area contributed by atoms with Gasteiger partial charge in [0.05, 0.1) is 6.54 Å². The van der Waals surface area contributed by atoms with Crippen molar-refractivity contribution in [2.75, 3.05) is 38.0 Å². The predicted octanol–water partition coefficient (Wildman–Crippen LogP) is 1.41. The fraction of sp³-hybridized carbons (Fsp3) is 0.500. The molecule has 0 aliphatic carbocycles. The van der Waals surface area contributed by atoms with Crippen LogP contribution in [0.15, 0.2) is 18.2 Å². The molecule has 1 aliphatic rings.